The lowest BCUT2D eigenvalue weighted by Crippen LogP contribution is -2.03. The lowest BCUT2D eigenvalue weighted by Gasteiger charge is -2.13. The van der Waals surface area contributed by atoms with Crippen LogP contribution in [-0.2, 0) is 6.61 Å². The van der Waals surface area contributed by atoms with E-state index in [4.69, 9.17) is 9.47 Å². The van der Waals surface area contributed by atoms with Gasteiger partial charge in [0, 0.05) is 10.0 Å². The second-order valence-corrected chi connectivity index (χ2v) is 5.72. The fourth-order valence-electron chi connectivity index (χ4n) is 2.06. The van der Waals surface area contributed by atoms with Crippen LogP contribution in [0.2, 0.25) is 0 Å². The first kappa shape index (κ1) is 15.6. The van der Waals surface area contributed by atoms with E-state index in [2.05, 4.69) is 15.9 Å². The fraction of sp³-hybridized carbons (Fsp3) is 0.235. The Morgan fingerprint density at radius 2 is 1.86 bits per heavy atom. The molecule has 2 aromatic carbocycles. The average Bonchev–Trinajstić information content (AvgIpc) is 2.46. The zero-order valence-corrected chi connectivity index (χ0v) is 13.9. The molecule has 0 aliphatic carbocycles. The van der Waals surface area contributed by atoms with Crippen LogP contribution in [0.5, 0.6) is 11.5 Å². The van der Waals surface area contributed by atoms with E-state index in [1.54, 1.807) is 14.0 Å². The van der Waals surface area contributed by atoms with E-state index in [9.17, 15) is 4.79 Å². The molecule has 0 amide bonds. The standard InChI is InChI=1S/C17H17BrO3/c1-11-4-6-17(15(8-11)12(2)19)21-10-13-9-14(18)5-7-16(13)20-3/h4-9H,10H2,1-3H3. The first-order valence-corrected chi connectivity index (χ1v) is 7.37. The summed E-state index contributed by atoms with van der Waals surface area (Å²) in [5, 5.41) is 0. The monoisotopic (exact) mass is 348 g/mol. The highest BCUT2D eigenvalue weighted by atomic mass is 79.9. The Hall–Kier alpha value is -1.81. The predicted molar refractivity (Wildman–Crippen MR) is 86.2 cm³/mol. The smallest absolute Gasteiger partial charge is 0.163 e. The third kappa shape index (κ3) is 3.85. The first-order valence-electron chi connectivity index (χ1n) is 6.58. The lowest BCUT2D eigenvalue weighted by molar-refractivity contribution is 0.101. The van der Waals surface area contributed by atoms with Crippen LogP contribution in [0.1, 0.15) is 28.4 Å². The Balaban J connectivity index is 2.24. The van der Waals surface area contributed by atoms with Crippen molar-refractivity contribution in [3.8, 4) is 11.5 Å². The number of hydrogen-bond donors (Lipinski definition) is 0. The zero-order chi connectivity index (χ0) is 15.4. The number of ketones is 1. The van der Waals surface area contributed by atoms with Gasteiger partial charge in [-0.25, -0.2) is 0 Å². The van der Waals surface area contributed by atoms with E-state index in [-0.39, 0.29) is 5.78 Å². The minimum absolute atomic E-state index is 0.00472. The molecule has 2 aromatic rings. The molecule has 0 aliphatic rings. The summed E-state index contributed by atoms with van der Waals surface area (Å²) >= 11 is 3.43. The Kier molecular flexibility index (Phi) is 5.02. The van der Waals surface area contributed by atoms with Gasteiger partial charge in [-0.05, 0) is 44.2 Å². The molecule has 0 fully saturated rings. The van der Waals surface area contributed by atoms with Crippen molar-refractivity contribution in [2.75, 3.05) is 7.11 Å². The van der Waals surface area contributed by atoms with Gasteiger partial charge in [-0.15, -0.1) is 0 Å². The van der Waals surface area contributed by atoms with Crippen molar-refractivity contribution >= 4 is 21.7 Å². The van der Waals surface area contributed by atoms with Gasteiger partial charge in [0.1, 0.15) is 18.1 Å². The van der Waals surface area contributed by atoms with E-state index < -0.39 is 0 Å². The van der Waals surface area contributed by atoms with Crippen molar-refractivity contribution in [1.29, 1.82) is 0 Å². The van der Waals surface area contributed by atoms with Gasteiger partial charge < -0.3 is 9.47 Å². The number of benzene rings is 2. The van der Waals surface area contributed by atoms with Crippen molar-refractivity contribution < 1.29 is 14.3 Å². The topological polar surface area (TPSA) is 35.5 Å². The summed E-state index contributed by atoms with van der Waals surface area (Å²) in [7, 11) is 1.62. The molecule has 0 aliphatic heterocycles. The minimum atomic E-state index is -0.00472. The molecule has 0 atom stereocenters. The molecule has 3 nitrogen and oxygen atoms in total. The Morgan fingerprint density at radius 1 is 1.14 bits per heavy atom. The van der Waals surface area contributed by atoms with Crippen molar-refractivity contribution in [2.24, 2.45) is 0 Å². The van der Waals surface area contributed by atoms with Gasteiger partial charge in [0.25, 0.3) is 0 Å². The molecule has 2 rings (SSSR count). The molecule has 0 heterocycles. The summed E-state index contributed by atoms with van der Waals surface area (Å²) in [6, 6.07) is 11.3. The molecule has 0 radical (unpaired) electrons. The number of aryl methyl sites for hydroxylation is 1. The summed E-state index contributed by atoms with van der Waals surface area (Å²) < 4.78 is 12.1. The molecule has 0 unspecified atom stereocenters. The van der Waals surface area contributed by atoms with E-state index in [1.807, 2.05) is 43.3 Å². The highest BCUT2D eigenvalue weighted by Gasteiger charge is 2.10. The fourth-order valence-corrected chi connectivity index (χ4v) is 2.47. The molecular formula is C17H17BrO3. The highest BCUT2D eigenvalue weighted by molar-refractivity contribution is 9.10. The number of carbonyl (C=O) groups is 1. The third-order valence-electron chi connectivity index (χ3n) is 3.14. The maximum Gasteiger partial charge on any atom is 0.163 e. The molecule has 0 saturated heterocycles. The molecular weight excluding hydrogens is 332 g/mol. The van der Waals surface area contributed by atoms with Crippen LogP contribution in [0.3, 0.4) is 0 Å². The maximum atomic E-state index is 11.7. The number of Topliss-reactive ketones (excluding diaryl/α,β-unsaturated/α-hetero) is 1. The summed E-state index contributed by atoms with van der Waals surface area (Å²) in [4.78, 5) is 11.7. The van der Waals surface area contributed by atoms with Crippen LogP contribution in [0.25, 0.3) is 0 Å². The zero-order valence-electron chi connectivity index (χ0n) is 12.3. The number of carbonyl (C=O) groups excluding carboxylic acids is 1. The van der Waals surface area contributed by atoms with E-state index in [0.717, 1.165) is 21.3 Å². The van der Waals surface area contributed by atoms with Gasteiger partial charge in [-0.3, -0.25) is 4.79 Å². The van der Waals surface area contributed by atoms with Gasteiger partial charge in [-0.2, -0.15) is 0 Å². The maximum absolute atomic E-state index is 11.7. The first-order chi connectivity index (χ1) is 10.0. The van der Waals surface area contributed by atoms with Crippen LogP contribution in [-0.4, -0.2) is 12.9 Å². The molecule has 0 N–H and O–H groups in total. The van der Waals surface area contributed by atoms with Crippen LogP contribution in [0, 0.1) is 6.92 Å². The van der Waals surface area contributed by atoms with E-state index >= 15 is 0 Å². The SMILES string of the molecule is COc1ccc(Br)cc1COc1ccc(C)cc1C(C)=O. The second-order valence-electron chi connectivity index (χ2n) is 4.80. The van der Waals surface area contributed by atoms with Crippen molar-refractivity contribution in [3.05, 3.63) is 57.6 Å². The van der Waals surface area contributed by atoms with Gasteiger partial charge in [0.15, 0.2) is 5.78 Å². The Bertz CT molecular complexity index is 665. The Morgan fingerprint density at radius 3 is 2.52 bits per heavy atom. The van der Waals surface area contributed by atoms with Crippen LogP contribution < -0.4 is 9.47 Å². The number of halogens is 1. The number of ether oxygens (including phenoxy) is 2. The summed E-state index contributed by atoms with van der Waals surface area (Å²) in [5.41, 5.74) is 2.55. The quantitative estimate of drug-likeness (QED) is 0.743. The molecule has 0 bridgehead atoms. The second kappa shape index (κ2) is 6.76. The summed E-state index contributed by atoms with van der Waals surface area (Å²) in [6.45, 7) is 3.83. The molecule has 110 valence electrons. The number of rotatable bonds is 5. The summed E-state index contributed by atoms with van der Waals surface area (Å²) in [5.74, 6) is 1.35. The van der Waals surface area contributed by atoms with Crippen molar-refractivity contribution in [2.45, 2.75) is 20.5 Å². The van der Waals surface area contributed by atoms with Crippen molar-refractivity contribution in [3.63, 3.8) is 0 Å². The van der Waals surface area contributed by atoms with Gasteiger partial charge in [0.05, 0.1) is 12.7 Å². The highest BCUT2D eigenvalue weighted by Crippen LogP contribution is 2.26. The average molecular weight is 349 g/mol. The normalized spacial score (nSPS) is 10.3. The lowest BCUT2D eigenvalue weighted by atomic mass is 10.1. The molecule has 0 saturated carbocycles. The van der Waals surface area contributed by atoms with Gasteiger partial charge in [0.2, 0.25) is 0 Å². The van der Waals surface area contributed by atoms with Crippen LogP contribution >= 0.6 is 15.9 Å². The molecule has 21 heavy (non-hydrogen) atoms. The van der Waals surface area contributed by atoms with Crippen molar-refractivity contribution in [1.82, 2.24) is 0 Å². The molecule has 0 aromatic heterocycles. The van der Waals surface area contributed by atoms with Crippen LogP contribution in [0.15, 0.2) is 40.9 Å². The largest absolute Gasteiger partial charge is 0.496 e. The summed E-state index contributed by atoms with van der Waals surface area (Å²) in [6.07, 6.45) is 0. The minimum Gasteiger partial charge on any atom is -0.496 e. The molecule has 0 spiro atoms. The Labute approximate surface area is 133 Å². The third-order valence-corrected chi connectivity index (χ3v) is 3.63. The molecule has 4 heteroatoms. The predicted octanol–water partition coefficient (Wildman–Crippen LogP) is 4.55. The van der Waals surface area contributed by atoms with Crippen LogP contribution in [0.4, 0.5) is 0 Å². The number of hydrogen-bond acceptors (Lipinski definition) is 3. The van der Waals surface area contributed by atoms with E-state index in [0.29, 0.717) is 17.9 Å². The van der Waals surface area contributed by atoms with E-state index in [1.165, 1.54) is 0 Å². The van der Waals surface area contributed by atoms with Gasteiger partial charge in [-0.1, -0.05) is 27.6 Å². The van der Waals surface area contributed by atoms with Gasteiger partial charge >= 0.3 is 0 Å². The number of methoxy groups -OCH3 is 1.